The number of rotatable bonds is 7. The number of carbonyl (C=O) groups is 3. The van der Waals surface area contributed by atoms with Crippen molar-refractivity contribution in [3.8, 4) is 0 Å². The van der Waals surface area contributed by atoms with Crippen LogP contribution in [0.4, 0.5) is 0 Å². The van der Waals surface area contributed by atoms with Crippen molar-refractivity contribution in [2.75, 3.05) is 13.1 Å². The van der Waals surface area contributed by atoms with Crippen LogP contribution in [0.2, 0.25) is 0 Å². The van der Waals surface area contributed by atoms with Crippen molar-refractivity contribution < 1.29 is 22.8 Å². The number of ketones is 1. The van der Waals surface area contributed by atoms with Gasteiger partial charge in [0, 0.05) is 32.1 Å². The third kappa shape index (κ3) is 4.41. The lowest BCUT2D eigenvalue weighted by Gasteiger charge is -2.32. The summed E-state index contributed by atoms with van der Waals surface area (Å²) in [6.07, 6.45) is 3.04. The van der Waals surface area contributed by atoms with Crippen LogP contribution in [-0.4, -0.2) is 65.6 Å². The first kappa shape index (κ1) is 21.0. The molecule has 1 atom stereocenters. The topological polar surface area (TPSA) is 104 Å². The van der Waals surface area contributed by atoms with Crippen LogP contribution in [0.1, 0.15) is 44.1 Å². The van der Waals surface area contributed by atoms with E-state index in [0.717, 1.165) is 18.4 Å². The lowest BCUT2D eigenvalue weighted by molar-refractivity contribution is -0.143. The molecule has 3 fully saturated rings. The molecule has 2 heterocycles. The Morgan fingerprint density at radius 2 is 1.67 bits per heavy atom. The monoisotopic (exact) mass is 433 g/mol. The molecule has 1 N–H and O–H groups in total. The quantitative estimate of drug-likeness (QED) is 0.641. The highest BCUT2D eigenvalue weighted by Gasteiger charge is 2.42. The molecule has 0 aromatic heterocycles. The maximum Gasteiger partial charge on any atom is 0.289 e. The Morgan fingerprint density at radius 1 is 1.00 bits per heavy atom. The maximum absolute atomic E-state index is 12.8. The second kappa shape index (κ2) is 8.47. The minimum atomic E-state index is -3.20. The standard InChI is InChI=1S/C21H27N3O5S/c25-19-9-8-18(24(19)14-15-4-2-1-3-5-15)20(26)21(27)22-16-10-12-23(13-11-16)30(28,29)17-6-7-17/h1-5,16-18H,6-14H2,(H,22,27)/t18-/m1/s1. The second-order valence-corrected chi connectivity index (χ2v) is 10.5. The van der Waals surface area contributed by atoms with Crippen LogP contribution >= 0.6 is 0 Å². The first-order valence-electron chi connectivity index (χ1n) is 10.5. The summed E-state index contributed by atoms with van der Waals surface area (Å²) in [5, 5.41) is 2.53. The first-order chi connectivity index (χ1) is 14.4. The summed E-state index contributed by atoms with van der Waals surface area (Å²) in [4.78, 5) is 39.1. The molecule has 1 saturated carbocycles. The Morgan fingerprint density at radius 3 is 2.30 bits per heavy atom. The summed E-state index contributed by atoms with van der Waals surface area (Å²) < 4.78 is 26.2. The van der Waals surface area contributed by atoms with Crippen molar-refractivity contribution in [2.45, 2.75) is 62.4 Å². The van der Waals surface area contributed by atoms with E-state index < -0.39 is 27.8 Å². The SMILES string of the molecule is O=C(NC1CCN(S(=O)(=O)C2CC2)CC1)C(=O)[C@H]1CCC(=O)N1Cc1ccccc1. The van der Waals surface area contributed by atoms with E-state index in [4.69, 9.17) is 0 Å². The summed E-state index contributed by atoms with van der Waals surface area (Å²) in [6, 6.07) is 8.42. The molecule has 2 amide bonds. The number of hydrogen-bond acceptors (Lipinski definition) is 5. The van der Waals surface area contributed by atoms with Crippen molar-refractivity contribution in [3.05, 3.63) is 35.9 Å². The van der Waals surface area contributed by atoms with E-state index in [1.54, 1.807) is 0 Å². The van der Waals surface area contributed by atoms with Crippen LogP contribution in [0.3, 0.4) is 0 Å². The van der Waals surface area contributed by atoms with Crippen molar-refractivity contribution in [1.82, 2.24) is 14.5 Å². The lowest BCUT2D eigenvalue weighted by atomic mass is 10.0. The predicted molar refractivity (Wildman–Crippen MR) is 110 cm³/mol. The minimum Gasteiger partial charge on any atom is -0.347 e. The third-order valence-corrected chi connectivity index (χ3v) is 8.54. The number of nitrogens with zero attached hydrogens (tertiary/aromatic N) is 2. The molecule has 9 heteroatoms. The Balaban J connectivity index is 1.32. The number of amides is 2. The Labute approximate surface area is 176 Å². The number of Topliss-reactive ketones (excluding diaryl/α,β-unsaturated/α-hetero) is 1. The first-order valence-corrected chi connectivity index (χ1v) is 12.0. The number of benzene rings is 1. The van der Waals surface area contributed by atoms with Crippen molar-refractivity contribution in [1.29, 1.82) is 0 Å². The molecule has 8 nitrogen and oxygen atoms in total. The van der Waals surface area contributed by atoms with Crippen LogP contribution in [0.15, 0.2) is 30.3 Å². The smallest absolute Gasteiger partial charge is 0.289 e. The number of carbonyl (C=O) groups excluding carboxylic acids is 3. The van der Waals surface area contributed by atoms with Gasteiger partial charge in [0.2, 0.25) is 21.7 Å². The van der Waals surface area contributed by atoms with Crippen LogP contribution in [0.25, 0.3) is 0 Å². The number of hydrogen-bond donors (Lipinski definition) is 1. The van der Waals surface area contributed by atoms with E-state index in [-0.39, 0.29) is 23.6 Å². The van der Waals surface area contributed by atoms with Gasteiger partial charge in [-0.3, -0.25) is 14.4 Å². The van der Waals surface area contributed by atoms with E-state index >= 15 is 0 Å². The molecule has 30 heavy (non-hydrogen) atoms. The van der Waals surface area contributed by atoms with Crippen LogP contribution in [-0.2, 0) is 31.0 Å². The summed E-state index contributed by atoms with van der Waals surface area (Å²) in [5.41, 5.74) is 0.912. The molecule has 0 bridgehead atoms. The zero-order valence-electron chi connectivity index (χ0n) is 16.8. The van der Waals surface area contributed by atoms with Gasteiger partial charge in [-0.25, -0.2) is 12.7 Å². The zero-order valence-corrected chi connectivity index (χ0v) is 17.6. The largest absolute Gasteiger partial charge is 0.347 e. The normalized spacial score (nSPS) is 23.5. The van der Waals surface area contributed by atoms with Gasteiger partial charge in [-0.15, -0.1) is 0 Å². The number of sulfonamides is 1. The van der Waals surface area contributed by atoms with Crippen molar-refractivity contribution in [2.24, 2.45) is 0 Å². The van der Waals surface area contributed by atoms with Gasteiger partial charge in [0.25, 0.3) is 5.91 Å². The van der Waals surface area contributed by atoms with Crippen molar-refractivity contribution in [3.63, 3.8) is 0 Å². The zero-order chi connectivity index (χ0) is 21.3. The van der Waals surface area contributed by atoms with Gasteiger partial charge in [0.05, 0.1) is 5.25 Å². The Kier molecular flexibility index (Phi) is 5.92. The molecule has 1 aromatic carbocycles. The number of nitrogens with one attached hydrogen (secondary N) is 1. The molecular weight excluding hydrogens is 406 g/mol. The number of likely N-dealkylation sites (tertiary alicyclic amines) is 1. The Bertz CT molecular complexity index is 921. The average Bonchev–Trinajstić information content (AvgIpc) is 3.55. The van der Waals surface area contributed by atoms with E-state index in [9.17, 15) is 22.8 Å². The Hall–Kier alpha value is -2.26. The van der Waals surface area contributed by atoms with E-state index in [0.29, 0.717) is 38.9 Å². The molecule has 0 radical (unpaired) electrons. The fourth-order valence-corrected chi connectivity index (χ4v) is 6.10. The second-order valence-electron chi connectivity index (χ2n) is 8.32. The molecular formula is C21H27N3O5S. The highest BCUT2D eigenvalue weighted by Crippen LogP contribution is 2.32. The van der Waals surface area contributed by atoms with Crippen LogP contribution < -0.4 is 5.32 Å². The molecule has 0 spiro atoms. The van der Waals surface area contributed by atoms with Gasteiger partial charge in [0.1, 0.15) is 6.04 Å². The van der Waals surface area contributed by atoms with E-state index in [1.165, 1.54) is 9.21 Å². The average molecular weight is 434 g/mol. The van der Waals surface area contributed by atoms with Crippen LogP contribution in [0, 0.1) is 0 Å². The van der Waals surface area contributed by atoms with E-state index in [2.05, 4.69) is 5.32 Å². The highest BCUT2D eigenvalue weighted by molar-refractivity contribution is 7.90. The molecule has 1 aromatic rings. The number of piperidine rings is 1. The fraction of sp³-hybridized carbons (Fsp3) is 0.571. The minimum absolute atomic E-state index is 0.122. The van der Waals surface area contributed by atoms with Gasteiger partial charge in [-0.2, -0.15) is 0 Å². The van der Waals surface area contributed by atoms with Gasteiger partial charge in [0.15, 0.2) is 0 Å². The molecule has 3 aliphatic rings. The van der Waals surface area contributed by atoms with Gasteiger partial charge >= 0.3 is 0 Å². The molecule has 0 unspecified atom stereocenters. The molecule has 2 aliphatic heterocycles. The van der Waals surface area contributed by atoms with E-state index in [1.807, 2.05) is 30.3 Å². The summed E-state index contributed by atoms with van der Waals surface area (Å²) in [5.74, 6) is -1.40. The van der Waals surface area contributed by atoms with Gasteiger partial charge < -0.3 is 10.2 Å². The summed E-state index contributed by atoms with van der Waals surface area (Å²) >= 11 is 0. The van der Waals surface area contributed by atoms with Crippen LogP contribution in [0.5, 0.6) is 0 Å². The molecule has 2 saturated heterocycles. The third-order valence-electron chi connectivity index (χ3n) is 6.15. The van der Waals surface area contributed by atoms with Gasteiger partial charge in [-0.1, -0.05) is 30.3 Å². The van der Waals surface area contributed by atoms with Gasteiger partial charge in [-0.05, 0) is 37.7 Å². The molecule has 4 rings (SSSR count). The van der Waals surface area contributed by atoms with Crippen molar-refractivity contribution >= 4 is 27.6 Å². The molecule has 162 valence electrons. The fourth-order valence-electron chi connectivity index (χ4n) is 4.22. The summed E-state index contributed by atoms with van der Waals surface area (Å²) in [7, 11) is -3.20. The maximum atomic E-state index is 12.8. The lowest BCUT2D eigenvalue weighted by Crippen LogP contribution is -2.51. The predicted octanol–water partition coefficient (Wildman–Crippen LogP) is 0.819. The summed E-state index contributed by atoms with van der Waals surface area (Å²) in [6.45, 7) is 1.03. The molecule has 1 aliphatic carbocycles. The highest BCUT2D eigenvalue weighted by atomic mass is 32.2.